The second-order valence-corrected chi connectivity index (χ2v) is 5.94. The van der Waals surface area contributed by atoms with Crippen molar-refractivity contribution in [3.05, 3.63) is 63.2 Å². The maximum Gasteiger partial charge on any atom is 0.278 e. The number of rotatable bonds is 6. The molecule has 2 aromatic rings. The molecule has 0 atom stereocenters. The molecule has 0 saturated heterocycles. The van der Waals surface area contributed by atoms with E-state index in [1.54, 1.807) is 11.8 Å². The molecule has 0 radical (unpaired) electrons. The first-order chi connectivity index (χ1) is 10.6. The highest BCUT2D eigenvalue weighted by Crippen LogP contribution is 2.22. The minimum absolute atomic E-state index is 0.0254. The van der Waals surface area contributed by atoms with Crippen LogP contribution in [-0.2, 0) is 0 Å². The van der Waals surface area contributed by atoms with Gasteiger partial charge in [-0.25, -0.2) is 0 Å². The number of nitro groups is 1. The lowest BCUT2D eigenvalue weighted by molar-refractivity contribution is -0.385. The van der Waals surface area contributed by atoms with Crippen LogP contribution in [-0.4, -0.2) is 28.5 Å². The highest BCUT2D eigenvalue weighted by molar-refractivity contribution is 7.99. The van der Waals surface area contributed by atoms with Crippen LogP contribution < -0.4 is 0 Å². The molecular weight excluding hydrogens is 324 g/mol. The van der Waals surface area contributed by atoms with E-state index in [-0.39, 0.29) is 11.4 Å². The second-order valence-electron chi connectivity index (χ2n) is 4.34. The van der Waals surface area contributed by atoms with Crippen molar-refractivity contribution in [3.8, 4) is 5.75 Å². The molecule has 0 spiro atoms. The standard InChI is InChI=1S/C15H13ClN2O3S/c16-12-1-4-14(5-2-12)22-8-7-17-10-11-9-13(19)3-6-15(11)18(20)21/h1-6,9-10,19H,7-8H2. The van der Waals surface area contributed by atoms with Gasteiger partial charge >= 0.3 is 0 Å². The molecule has 0 fully saturated rings. The molecule has 0 aliphatic heterocycles. The Labute approximate surface area is 136 Å². The Morgan fingerprint density at radius 2 is 2.00 bits per heavy atom. The molecule has 0 heterocycles. The van der Waals surface area contributed by atoms with Crippen molar-refractivity contribution in [2.24, 2.45) is 4.99 Å². The number of hydrogen-bond acceptors (Lipinski definition) is 5. The SMILES string of the molecule is O=[N+]([O-])c1ccc(O)cc1C=NCCSc1ccc(Cl)cc1. The summed E-state index contributed by atoms with van der Waals surface area (Å²) in [5.41, 5.74) is 0.216. The Morgan fingerprint density at radius 3 is 2.68 bits per heavy atom. The van der Waals surface area contributed by atoms with Crippen LogP contribution in [0.25, 0.3) is 0 Å². The van der Waals surface area contributed by atoms with E-state index in [1.165, 1.54) is 24.4 Å². The summed E-state index contributed by atoms with van der Waals surface area (Å²) < 4.78 is 0. The Bertz CT molecular complexity index is 690. The van der Waals surface area contributed by atoms with Gasteiger partial charge in [0, 0.05) is 34.5 Å². The molecule has 2 rings (SSSR count). The lowest BCUT2D eigenvalue weighted by atomic mass is 10.2. The van der Waals surface area contributed by atoms with E-state index in [2.05, 4.69) is 4.99 Å². The number of aromatic hydroxyl groups is 1. The molecule has 0 aliphatic rings. The van der Waals surface area contributed by atoms with E-state index >= 15 is 0 Å². The number of halogens is 1. The van der Waals surface area contributed by atoms with E-state index in [0.29, 0.717) is 17.1 Å². The Hall–Kier alpha value is -2.05. The first-order valence-electron chi connectivity index (χ1n) is 6.42. The molecule has 0 unspecified atom stereocenters. The summed E-state index contributed by atoms with van der Waals surface area (Å²) in [4.78, 5) is 15.6. The van der Waals surface area contributed by atoms with Crippen molar-refractivity contribution in [1.29, 1.82) is 0 Å². The minimum atomic E-state index is -0.497. The molecule has 22 heavy (non-hydrogen) atoms. The van der Waals surface area contributed by atoms with Crippen LogP contribution in [0.5, 0.6) is 5.75 Å². The fraction of sp³-hybridized carbons (Fsp3) is 0.133. The quantitative estimate of drug-likeness (QED) is 0.282. The van der Waals surface area contributed by atoms with Crippen molar-refractivity contribution < 1.29 is 10.0 Å². The summed E-state index contributed by atoms with van der Waals surface area (Å²) in [7, 11) is 0. The van der Waals surface area contributed by atoms with E-state index < -0.39 is 4.92 Å². The smallest absolute Gasteiger partial charge is 0.278 e. The van der Waals surface area contributed by atoms with Crippen molar-refractivity contribution in [2.75, 3.05) is 12.3 Å². The summed E-state index contributed by atoms with van der Waals surface area (Å²) >= 11 is 7.43. The van der Waals surface area contributed by atoms with Gasteiger partial charge in [0.2, 0.25) is 0 Å². The van der Waals surface area contributed by atoms with Gasteiger partial charge in [0.25, 0.3) is 5.69 Å². The van der Waals surface area contributed by atoms with Crippen LogP contribution >= 0.6 is 23.4 Å². The summed E-state index contributed by atoms with van der Waals surface area (Å²) in [6.45, 7) is 0.514. The normalized spacial score (nSPS) is 11.0. The summed E-state index contributed by atoms with van der Waals surface area (Å²) in [6, 6.07) is 11.4. The molecule has 114 valence electrons. The first-order valence-corrected chi connectivity index (χ1v) is 7.78. The van der Waals surface area contributed by atoms with Crippen LogP contribution in [0.2, 0.25) is 5.02 Å². The van der Waals surface area contributed by atoms with Crippen LogP contribution in [0.3, 0.4) is 0 Å². The highest BCUT2D eigenvalue weighted by atomic mass is 35.5. The van der Waals surface area contributed by atoms with Crippen molar-refractivity contribution in [2.45, 2.75) is 4.90 Å². The maximum atomic E-state index is 10.9. The third kappa shape index (κ3) is 4.75. The van der Waals surface area contributed by atoms with Gasteiger partial charge in [-0.2, -0.15) is 0 Å². The number of phenolic OH excluding ortho intramolecular Hbond substituents is 1. The zero-order valence-electron chi connectivity index (χ0n) is 11.5. The van der Waals surface area contributed by atoms with Crippen molar-refractivity contribution in [1.82, 2.24) is 0 Å². The van der Waals surface area contributed by atoms with E-state index in [9.17, 15) is 15.2 Å². The number of aliphatic imine (C=N–C) groups is 1. The topological polar surface area (TPSA) is 75.7 Å². The lowest BCUT2D eigenvalue weighted by Crippen LogP contribution is -1.95. The fourth-order valence-electron chi connectivity index (χ4n) is 1.72. The number of benzene rings is 2. The summed E-state index contributed by atoms with van der Waals surface area (Å²) in [5, 5.41) is 21.0. The average Bonchev–Trinajstić information content (AvgIpc) is 2.48. The molecule has 5 nitrogen and oxygen atoms in total. The molecule has 7 heteroatoms. The second kappa shape index (κ2) is 7.82. The van der Waals surface area contributed by atoms with Gasteiger partial charge in [-0.1, -0.05) is 11.6 Å². The van der Waals surface area contributed by atoms with E-state index in [0.717, 1.165) is 10.6 Å². The van der Waals surface area contributed by atoms with Crippen LogP contribution in [0.4, 0.5) is 5.69 Å². The molecule has 0 aliphatic carbocycles. The number of phenols is 1. The number of nitrogens with zero attached hydrogens (tertiary/aromatic N) is 2. The van der Waals surface area contributed by atoms with Gasteiger partial charge in [0.15, 0.2) is 0 Å². The predicted molar refractivity (Wildman–Crippen MR) is 89.4 cm³/mol. The minimum Gasteiger partial charge on any atom is -0.508 e. The third-order valence-corrected chi connectivity index (χ3v) is 3.99. The molecule has 0 amide bonds. The van der Waals surface area contributed by atoms with Crippen LogP contribution in [0, 0.1) is 10.1 Å². The van der Waals surface area contributed by atoms with Crippen LogP contribution in [0.15, 0.2) is 52.4 Å². The molecule has 2 aromatic carbocycles. The molecule has 0 aromatic heterocycles. The first kappa shape index (κ1) is 16.3. The summed E-state index contributed by atoms with van der Waals surface area (Å²) in [5.74, 6) is 0.715. The third-order valence-electron chi connectivity index (χ3n) is 2.74. The van der Waals surface area contributed by atoms with Crippen molar-refractivity contribution in [3.63, 3.8) is 0 Å². The number of thioether (sulfide) groups is 1. The Kier molecular flexibility index (Phi) is 5.80. The molecular formula is C15H13ClN2O3S. The maximum absolute atomic E-state index is 10.9. The highest BCUT2D eigenvalue weighted by Gasteiger charge is 2.11. The monoisotopic (exact) mass is 336 g/mol. The molecule has 0 saturated carbocycles. The zero-order valence-corrected chi connectivity index (χ0v) is 13.0. The van der Waals surface area contributed by atoms with Gasteiger partial charge in [0.05, 0.1) is 10.5 Å². The predicted octanol–water partition coefficient (Wildman–Crippen LogP) is 4.17. The molecule has 0 bridgehead atoms. The van der Waals surface area contributed by atoms with Crippen LogP contribution in [0.1, 0.15) is 5.56 Å². The molecule has 1 N–H and O–H groups in total. The Balaban J connectivity index is 1.91. The fourth-order valence-corrected chi connectivity index (χ4v) is 2.61. The zero-order chi connectivity index (χ0) is 15.9. The van der Waals surface area contributed by atoms with E-state index in [4.69, 9.17) is 11.6 Å². The lowest BCUT2D eigenvalue weighted by Gasteiger charge is -2.00. The van der Waals surface area contributed by atoms with Gasteiger partial charge in [0.1, 0.15) is 5.75 Å². The van der Waals surface area contributed by atoms with Crippen molar-refractivity contribution >= 4 is 35.3 Å². The summed E-state index contributed by atoms with van der Waals surface area (Å²) in [6.07, 6.45) is 1.42. The number of nitro benzene ring substituents is 1. The average molecular weight is 337 g/mol. The number of hydrogen-bond donors (Lipinski definition) is 1. The van der Waals surface area contributed by atoms with Gasteiger partial charge < -0.3 is 5.11 Å². The van der Waals surface area contributed by atoms with Gasteiger partial charge in [-0.3, -0.25) is 15.1 Å². The van der Waals surface area contributed by atoms with E-state index in [1.807, 2.05) is 24.3 Å². The van der Waals surface area contributed by atoms with Gasteiger partial charge in [-0.15, -0.1) is 11.8 Å². The Morgan fingerprint density at radius 1 is 1.27 bits per heavy atom. The largest absolute Gasteiger partial charge is 0.508 e. The van der Waals surface area contributed by atoms with Gasteiger partial charge in [-0.05, 0) is 36.4 Å².